The van der Waals surface area contributed by atoms with Gasteiger partial charge in [0.05, 0.1) is 24.7 Å². The van der Waals surface area contributed by atoms with Gasteiger partial charge in [-0.15, -0.1) is 13.2 Å². The first-order chi connectivity index (χ1) is 11.9. The van der Waals surface area contributed by atoms with E-state index in [1.165, 1.54) is 30.3 Å². The minimum atomic E-state index is -4.80. The Balaban J connectivity index is 2.08. The summed E-state index contributed by atoms with van der Waals surface area (Å²) in [5.74, 6) is -0.167. The largest absolute Gasteiger partial charge is 0.573 e. The van der Waals surface area contributed by atoms with Gasteiger partial charge in [-0.05, 0) is 24.3 Å². The van der Waals surface area contributed by atoms with Crippen LogP contribution in [-0.2, 0) is 0 Å². The van der Waals surface area contributed by atoms with Crippen molar-refractivity contribution in [3.8, 4) is 28.4 Å². The molecule has 2 aromatic heterocycles. The number of hydrogen-bond acceptors (Lipinski definition) is 4. The molecule has 3 rings (SSSR count). The fraction of sp³-hybridized carbons (Fsp3) is 0.125. The number of benzene rings is 1. The fourth-order valence-electron chi connectivity index (χ4n) is 2.28. The monoisotopic (exact) mass is 369 g/mol. The number of pyridine rings is 1. The predicted octanol–water partition coefficient (Wildman–Crippen LogP) is 4.49. The number of halogens is 4. The molecule has 130 valence electrons. The van der Waals surface area contributed by atoms with E-state index < -0.39 is 6.36 Å². The second-order valence-corrected chi connectivity index (χ2v) is 5.30. The molecule has 2 heterocycles. The molecule has 0 radical (unpaired) electrons. The minimum Gasteiger partial charge on any atom is -0.497 e. The molecule has 0 spiro atoms. The van der Waals surface area contributed by atoms with Crippen LogP contribution in [-0.4, -0.2) is 28.2 Å². The summed E-state index contributed by atoms with van der Waals surface area (Å²) in [5.41, 5.74) is 1.58. The smallest absolute Gasteiger partial charge is 0.497 e. The topological polar surface area (TPSA) is 49.2 Å². The molecule has 0 aliphatic rings. The summed E-state index contributed by atoms with van der Waals surface area (Å²) in [6, 6.07) is 8.91. The Hall–Kier alpha value is -2.74. The zero-order chi connectivity index (χ0) is 18.0. The third-order valence-corrected chi connectivity index (χ3v) is 3.45. The van der Waals surface area contributed by atoms with E-state index in [-0.39, 0.29) is 16.7 Å². The van der Waals surface area contributed by atoms with Crippen molar-refractivity contribution in [2.24, 2.45) is 0 Å². The minimum absolute atomic E-state index is 0.220. The van der Waals surface area contributed by atoms with E-state index in [0.29, 0.717) is 16.9 Å². The summed E-state index contributed by atoms with van der Waals surface area (Å²) in [4.78, 5) is 3.89. The summed E-state index contributed by atoms with van der Waals surface area (Å²) in [7, 11) is 1.36. The number of ether oxygens (including phenoxy) is 2. The molecule has 0 unspecified atom stereocenters. The molecular formula is C16H11ClF3N3O2. The molecule has 0 bridgehead atoms. The number of alkyl halides is 3. The van der Waals surface area contributed by atoms with Gasteiger partial charge < -0.3 is 9.47 Å². The predicted molar refractivity (Wildman–Crippen MR) is 85.0 cm³/mol. The first kappa shape index (κ1) is 17.1. The van der Waals surface area contributed by atoms with Crippen LogP contribution in [0, 0.1) is 0 Å². The van der Waals surface area contributed by atoms with E-state index in [1.807, 2.05) is 0 Å². The van der Waals surface area contributed by atoms with E-state index in [9.17, 15) is 13.2 Å². The van der Waals surface area contributed by atoms with Gasteiger partial charge in [0.2, 0.25) is 0 Å². The summed E-state index contributed by atoms with van der Waals surface area (Å²) < 4.78 is 48.2. The van der Waals surface area contributed by atoms with Gasteiger partial charge in [-0.3, -0.25) is 0 Å². The molecule has 0 N–H and O–H groups in total. The summed E-state index contributed by atoms with van der Waals surface area (Å²) in [5, 5.41) is 4.46. The Labute approximate surface area is 145 Å². The van der Waals surface area contributed by atoms with E-state index in [0.717, 1.165) is 6.07 Å². The van der Waals surface area contributed by atoms with Gasteiger partial charge in [-0.2, -0.15) is 5.10 Å². The van der Waals surface area contributed by atoms with Crippen molar-refractivity contribution in [2.45, 2.75) is 6.36 Å². The van der Waals surface area contributed by atoms with Crippen LogP contribution in [0.3, 0.4) is 0 Å². The molecule has 5 nitrogen and oxygen atoms in total. The molecule has 25 heavy (non-hydrogen) atoms. The van der Waals surface area contributed by atoms with Gasteiger partial charge in [0.1, 0.15) is 16.7 Å². The molecule has 0 aliphatic heterocycles. The highest BCUT2D eigenvalue weighted by Gasteiger charge is 2.31. The quantitative estimate of drug-likeness (QED) is 0.635. The molecule has 0 saturated heterocycles. The van der Waals surface area contributed by atoms with E-state index in [2.05, 4.69) is 14.8 Å². The first-order valence-electron chi connectivity index (χ1n) is 6.97. The van der Waals surface area contributed by atoms with Crippen LogP contribution in [0.5, 0.6) is 11.5 Å². The maximum absolute atomic E-state index is 12.5. The molecule has 3 aromatic rings. The maximum Gasteiger partial charge on any atom is 0.573 e. The highest BCUT2D eigenvalue weighted by atomic mass is 35.5. The van der Waals surface area contributed by atoms with Crippen molar-refractivity contribution >= 4 is 11.6 Å². The van der Waals surface area contributed by atoms with Gasteiger partial charge in [0.25, 0.3) is 0 Å². The standard InChI is InChI=1S/C16H11ClF3N3O2/c1-24-12-6-10(7-13(9-12)25-16(18,19)20)14-3-5-22-23(14)11-2-4-21-15(17)8-11/h2-9H,1H3. The maximum atomic E-state index is 12.5. The zero-order valence-corrected chi connectivity index (χ0v) is 13.5. The summed E-state index contributed by atoms with van der Waals surface area (Å²) >= 11 is 5.89. The van der Waals surface area contributed by atoms with E-state index >= 15 is 0 Å². The Morgan fingerprint density at radius 2 is 1.80 bits per heavy atom. The lowest BCUT2D eigenvalue weighted by atomic mass is 10.1. The summed E-state index contributed by atoms with van der Waals surface area (Å²) in [6.07, 6.45) is -1.77. The van der Waals surface area contributed by atoms with Gasteiger partial charge in [0.15, 0.2) is 0 Å². The van der Waals surface area contributed by atoms with E-state index in [1.54, 1.807) is 24.3 Å². The number of methoxy groups -OCH3 is 1. The lowest BCUT2D eigenvalue weighted by Gasteiger charge is -2.13. The second kappa shape index (κ2) is 6.64. The lowest BCUT2D eigenvalue weighted by Crippen LogP contribution is -2.17. The van der Waals surface area contributed by atoms with Crippen LogP contribution in [0.4, 0.5) is 13.2 Å². The van der Waals surface area contributed by atoms with Crippen LogP contribution in [0.1, 0.15) is 0 Å². The van der Waals surface area contributed by atoms with Crippen molar-refractivity contribution in [1.82, 2.24) is 14.8 Å². The third kappa shape index (κ3) is 4.03. The van der Waals surface area contributed by atoms with Gasteiger partial charge in [0, 0.05) is 23.9 Å². The zero-order valence-electron chi connectivity index (χ0n) is 12.8. The van der Waals surface area contributed by atoms with E-state index in [4.69, 9.17) is 16.3 Å². The Kier molecular flexibility index (Phi) is 4.54. The third-order valence-electron chi connectivity index (χ3n) is 3.24. The van der Waals surface area contributed by atoms with Gasteiger partial charge in [-0.25, -0.2) is 9.67 Å². The van der Waals surface area contributed by atoms with Crippen LogP contribution in [0.15, 0.2) is 48.8 Å². The normalized spacial score (nSPS) is 11.4. The number of hydrogen-bond donors (Lipinski definition) is 0. The lowest BCUT2D eigenvalue weighted by molar-refractivity contribution is -0.274. The molecule has 0 amide bonds. The highest BCUT2D eigenvalue weighted by molar-refractivity contribution is 6.29. The van der Waals surface area contributed by atoms with Crippen LogP contribution in [0.2, 0.25) is 5.15 Å². The molecule has 0 atom stereocenters. The Bertz CT molecular complexity index is 896. The van der Waals surface area contributed by atoms with Crippen LogP contribution < -0.4 is 9.47 Å². The van der Waals surface area contributed by atoms with Crippen molar-refractivity contribution < 1.29 is 22.6 Å². The van der Waals surface area contributed by atoms with Crippen LogP contribution >= 0.6 is 11.6 Å². The highest BCUT2D eigenvalue weighted by Crippen LogP contribution is 2.33. The van der Waals surface area contributed by atoms with Crippen molar-refractivity contribution in [3.63, 3.8) is 0 Å². The van der Waals surface area contributed by atoms with Crippen molar-refractivity contribution in [3.05, 3.63) is 53.9 Å². The number of nitrogens with zero attached hydrogens (tertiary/aromatic N) is 3. The molecule has 0 fully saturated rings. The van der Waals surface area contributed by atoms with Crippen LogP contribution in [0.25, 0.3) is 16.9 Å². The van der Waals surface area contributed by atoms with Gasteiger partial charge in [-0.1, -0.05) is 11.6 Å². The molecule has 9 heteroatoms. The summed E-state index contributed by atoms with van der Waals surface area (Å²) in [6.45, 7) is 0. The van der Waals surface area contributed by atoms with Crippen molar-refractivity contribution in [1.29, 1.82) is 0 Å². The molecule has 0 saturated carbocycles. The number of aromatic nitrogens is 3. The SMILES string of the molecule is COc1cc(OC(F)(F)F)cc(-c2ccnn2-c2ccnc(Cl)c2)c1. The fourth-order valence-corrected chi connectivity index (χ4v) is 2.45. The molecule has 1 aromatic carbocycles. The number of rotatable bonds is 4. The Morgan fingerprint density at radius 1 is 1.04 bits per heavy atom. The first-order valence-corrected chi connectivity index (χ1v) is 7.35. The second-order valence-electron chi connectivity index (χ2n) is 4.91. The average molecular weight is 370 g/mol. The van der Waals surface area contributed by atoms with Crippen molar-refractivity contribution in [2.75, 3.05) is 7.11 Å². The Morgan fingerprint density at radius 3 is 2.48 bits per heavy atom. The average Bonchev–Trinajstić information content (AvgIpc) is 3.02. The van der Waals surface area contributed by atoms with Gasteiger partial charge >= 0.3 is 6.36 Å². The molecule has 0 aliphatic carbocycles. The molecular weight excluding hydrogens is 359 g/mol.